The molecule has 168 valence electrons. The summed E-state index contributed by atoms with van der Waals surface area (Å²) in [4.78, 5) is 20.6. The fourth-order valence-electron chi connectivity index (χ4n) is 3.88. The summed E-state index contributed by atoms with van der Waals surface area (Å²) < 4.78 is 59.8. The number of alkyl halides is 1. The summed E-state index contributed by atoms with van der Waals surface area (Å²) in [7, 11) is -2.48. The smallest absolute Gasteiger partial charge is 0.312 e. The van der Waals surface area contributed by atoms with Crippen molar-refractivity contribution in [1.82, 2.24) is 14.7 Å². The van der Waals surface area contributed by atoms with E-state index in [4.69, 9.17) is 4.74 Å². The molecule has 0 bridgehead atoms. The number of methoxy groups -OCH3 is 1. The van der Waals surface area contributed by atoms with E-state index in [0.29, 0.717) is 17.0 Å². The molecule has 1 aromatic heterocycles. The van der Waals surface area contributed by atoms with Crippen LogP contribution >= 0.6 is 0 Å². The Kier molecular flexibility index (Phi) is 6.70. The number of halogens is 2. The van der Waals surface area contributed by atoms with Gasteiger partial charge in [-0.2, -0.15) is 0 Å². The zero-order valence-corrected chi connectivity index (χ0v) is 18.3. The molecular weight excluding hydrogens is 428 g/mol. The average Bonchev–Trinajstić information content (AvgIpc) is 3.03. The Labute approximate surface area is 180 Å². The molecular formula is C21H25F2N3O4S. The Bertz CT molecular complexity index is 1050. The fourth-order valence-corrected chi connectivity index (χ4v) is 4.81. The molecule has 31 heavy (non-hydrogen) atoms. The number of rotatable bonds is 7. The van der Waals surface area contributed by atoms with Crippen molar-refractivity contribution in [3.05, 3.63) is 48.0 Å². The highest BCUT2D eigenvalue weighted by molar-refractivity contribution is 7.90. The topological polar surface area (TPSA) is 98.2 Å². The largest absolute Gasteiger partial charge is 0.469 e. The highest BCUT2D eigenvalue weighted by Crippen LogP contribution is 2.44. The monoisotopic (exact) mass is 453 g/mol. The summed E-state index contributed by atoms with van der Waals surface area (Å²) in [5.41, 5.74) is 0.0976. The molecule has 1 heterocycles. The Morgan fingerprint density at radius 1 is 1.29 bits per heavy atom. The highest BCUT2D eigenvalue weighted by Gasteiger charge is 2.52. The van der Waals surface area contributed by atoms with Crippen molar-refractivity contribution in [2.45, 2.75) is 50.6 Å². The van der Waals surface area contributed by atoms with Crippen molar-refractivity contribution >= 4 is 16.0 Å². The molecule has 0 aliphatic heterocycles. The number of nitrogens with zero attached hydrogens (tertiary/aromatic N) is 2. The molecule has 1 N–H and O–H groups in total. The van der Waals surface area contributed by atoms with Gasteiger partial charge in [0.1, 0.15) is 6.17 Å². The van der Waals surface area contributed by atoms with Gasteiger partial charge in [-0.25, -0.2) is 31.9 Å². The summed E-state index contributed by atoms with van der Waals surface area (Å²) in [6.45, 7) is 3.00. The molecule has 1 saturated carbocycles. The Morgan fingerprint density at radius 3 is 2.58 bits per heavy atom. The number of hydrogen-bond acceptors (Lipinski definition) is 6. The minimum atomic E-state index is -3.71. The summed E-state index contributed by atoms with van der Waals surface area (Å²) in [6, 6.07) is 5.99. The van der Waals surface area contributed by atoms with Crippen LogP contribution in [0.4, 0.5) is 8.78 Å². The number of nitrogens with one attached hydrogen (secondary N) is 1. The van der Waals surface area contributed by atoms with E-state index in [2.05, 4.69) is 14.7 Å². The molecule has 0 radical (unpaired) electrons. The first-order valence-electron chi connectivity index (χ1n) is 9.87. The molecule has 0 amide bonds. The minimum absolute atomic E-state index is 0.0237. The Hall–Kier alpha value is -2.46. The fraction of sp³-hybridized carbons (Fsp3) is 0.476. The number of carbonyl (C=O) groups is 1. The van der Waals surface area contributed by atoms with Crippen LogP contribution in [0.25, 0.3) is 11.4 Å². The summed E-state index contributed by atoms with van der Waals surface area (Å²) in [5.74, 6) is -0.836. The lowest BCUT2D eigenvalue weighted by Crippen LogP contribution is -2.42. The lowest BCUT2D eigenvalue weighted by Gasteiger charge is -2.26. The number of benzene rings is 1. The van der Waals surface area contributed by atoms with E-state index >= 15 is 0 Å². The van der Waals surface area contributed by atoms with Crippen LogP contribution in [0, 0.1) is 11.2 Å². The first kappa shape index (κ1) is 23.2. The predicted octanol–water partition coefficient (Wildman–Crippen LogP) is 2.81. The van der Waals surface area contributed by atoms with Crippen LogP contribution in [-0.2, 0) is 26.0 Å². The third kappa shape index (κ3) is 5.07. The van der Waals surface area contributed by atoms with Gasteiger partial charge in [0, 0.05) is 5.56 Å². The van der Waals surface area contributed by atoms with Crippen LogP contribution in [-0.4, -0.2) is 48.9 Å². The van der Waals surface area contributed by atoms with Crippen molar-refractivity contribution in [2.75, 3.05) is 7.11 Å². The molecule has 1 aliphatic carbocycles. The van der Waals surface area contributed by atoms with Gasteiger partial charge in [0.2, 0.25) is 10.0 Å². The van der Waals surface area contributed by atoms with E-state index in [1.165, 1.54) is 21.0 Å². The molecule has 1 fully saturated rings. The molecule has 2 aromatic rings. The minimum Gasteiger partial charge on any atom is -0.469 e. The third-order valence-corrected chi connectivity index (χ3v) is 7.41. The van der Waals surface area contributed by atoms with Crippen LogP contribution in [0.3, 0.4) is 0 Å². The molecule has 0 unspecified atom stereocenters. The molecule has 1 aromatic carbocycles. The second-order valence-electron chi connectivity index (χ2n) is 8.12. The van der Waals surface area contributed by atoms with Gasteiger partial charge in [-0.15, -0.1) is 0 Å². The van der Waals surface area contributed by atoms with Gasteiger partial charge in [0.05, 0.1) is 36.2 Å². The van der Waals surface area contributed by atoms with Gasteiger partial charge in [-0.1, -0.05) is 18.2 Å². The summed E-state index contributed by atoms with van der Waals surface area (Å²) >= 11 is 0. The second kappa shape index (κ2) is 8.96. The van der Waals surface area contributed by atoms with Crippen LogP contribution in [0.1, 0.15) is 32.3 Å². The molecule has 7 nitrogen and oxygen atoms in total. The maximum absolute atomic E-state index is 14.9. The maximum atomic E-state index is 14.9. The lowest BCUT2D eigenvalue weighted by molar-refractivity contribution is -0.152. The van der Waals surface area contributed by atoms with Gasteiger partial charge in [-0.3, -0.25) is 4.79 Å². The van der Waals surface area contributed by atoms with Gasteiger partial charge in [0.25, 0.3) is 0 Å². The summed E-state index contributed by atoms with van der Waals surface area (Å²) in [5, 5.41) is -0.722. The van der Waals surface area contributed by atoms with E-state index in [-0.39, 0.29) is 19.3 Å². The molecule has 3 atom stereocenters. The van der Waals surface area contributed by atoms with E-state index in [1.807, 2.05) is 0 Å². The first-order valence-corrected chi connectivity index (χ1v) is 11.4. The van der Waals surface area contributed by atoms with E-state index in [1.54, 1.807) is 24.3 Å². The van der Waals surface area contributed by atoms with Gasteiger partial charge >= 0.3 is 5.97 Å². The molecule has 0 spiro atoms. The van der Waals surface area contributed by atoms with E-state index < -0.39 is 44.7 Å². The van der Waals surface area contributed by atoms with Crippen molar-refractivity contribution in [2.24, 2.45) is 5.41 Å². The Balaban J connectivity index is 1.88. The SMILES string of the molecule is COC(=O)[C@@]1(Cc2cccc(-c3ncc(F)cn3)c2)C[C@H](F)[C@H](NS(=O)(=O)C(C)C)C1. The van der Waals surface area contributed by atoms with Crippen molar-refractivity contribution in [3.8, 4) is 11.4 Å². The highest BCUT2D eigenvalue weighted by atomic mass is 32.2. The summed E-state index contributed by atoms with van der Waals surface area (Å²) in [6.07, 6.45) is 0.542. The number of ether oxygens (including phenoxy) is 1. The third-order valence-electron chi connectivity index (χ3n) is 5.54. The number of esters is 1. The van der Waals surface area contributed by atoms with Gasteiger partial charge in [0.15, 0.2) is 11.6 Å². The quantitative estimate of drug-likeness (QED) is 0.648. The predicted molar refractivity (Wildman–Crippen MR) is 111 cm³/mol. The number of carbonyl (C=O) groups excluding carboxylic acids is 1. The van der Waals surface area contributed by atoms with E-state index in [0.717, 1.165) is 12.4 Å². The lowest BCUT2D eigenvalue weighted by atomic mass is 9.79. The van der Waals surface area contributed by atoms with Gasteiger partial charge < -0.3 is 4.74 Å². The van der Waals surface area contributed by atoms with Crippen molar-refractivity contribution in [1.29, 1.82) is 0 Å². The average molecular weight is 454 g/mol. The van der Waals surface area contributed by atoms with Crippen LogP contribution < -0.4 is 4.72 Å². The van der Waals surface area contributed by atoms with Crippen LogP contribution in [0.5, 0.6) is 0 Å². The Morgan fingerprint density at radius 2 is 1.97 bits per heavy atom. The molecule has 10 heteroatoms. The first-order chi connectivity index (χ1) is 14.6. The molecule has 3 rings (SSSR count). The molecule has 0 saturated heterocycles. The second-order valence-corrected chi connectivity index (χ2v) is 10.4. The number of hydrogen-bond donors (Lipinski definition) is 1. The zero-order chi connectivity index (χ0) is 22.8. The van der Waals surface area contributed by atoms with Crippen LogP contribution in [0.15, 0.2) is 36.7 Å². The normalized spacial score (nSPS) is 23.8. The van der Waals surface area contributed by atoms with Gasteiger partial charge in [-0.05, 0) is 44.7 Å². The van der Waals surface area contributed by atoms with Crippen molar-refractivity contribution < 1.29 is 26.7 Å². The van der Waals surface area contributed by atoms with Crippen molar-refractivity contribution in [3.63, 3.8) is 0 Å². The zero-order valence-electron chi connectivity index (χ0n) is 17.5. The number of sulfonamides is 1. The van der Waals surface area contributed by atoms with E-state index in [9.17, 15) is 22.0 Å². The number of aromatic nitrogens is 2. The molecule has 1 aliphatic rings. The maximum Gasteiger partial charge on any atom is 0.312 e. The van der Waals surface area contributed by atoms with Crippen LogP contribution in [0.2, 0.25) is 0 Å². The standard InChI is InChI=1S/C21H25F2N3O4S/c1-13(2)31(28,29)26-18-10-21(9-17(18)23,20(27)30-3)8-14-5-4-6-15(7-14)19-24-11-16(22)12-25-19/h4-7,11-13,17-18,26H,8-10H2,1-3H3/t17-,18+,21-/m0/s1.